The van der Waals surface area contributed by atoms with Crippen molar-refractivity contribution >= 4 is 0 Å². The molecular weight excluding hydrogens is 212 g/mol. The molecule has 0 aliphatic carbocycles. The van der Waals surface area contributed by atoms with Gasteiger partial charge in [0.25, 0.3) is 0 Å². The maximum atomic E-state index is 5.27. The van der Waals surface area contributed by atoms with Crippen LogP contribution in [0.15, 0.2) is 0 Å². The molecule has 0 radical (unpaired) electrons. The highest BCUT2D eigenvalue weighted by molar-refractivity contribution is 4.73. The fourth-order valence-corrected chi connectivity index (χ4v) is 2.78. The fourth-order valence-electron chi connectivity index (χ4n) is 2.78. The van der Waals surface area contributed by atoms with Gasteiger partial charge < -0.3 is 14.5 Å². The Kier molecular flexibility index (Phi) is 7.82. The van der Waals surface area contributed by atoms with Crippen LogP contribution in [-0.4, -0.2) is 62.8 Å². The lowest BCUT2D eigenvalue weighted by Gasteiger charge is -2.32. The van der Waals surface area contributed by atoms with Crippen LogP contribution in [0.2, 0.25) is 0 Å². The molecule has 0 amide bonds. The average molecular weight is 242 g/mol. The summed E-state index contributed by atoms with van der Waals surface area (Å²) < 4.78 is 5.27. The van der Waals surface area contributed by atoms with E-state index in [2.05, 4.69) is 23.6 Å². The molecule has 1 rings (SSSR count). The lowest BCUT2D eigenvalue weighted by Crippen LogP contribution is -2.38. The molecule has 1 atom stereocenters. The zero-order valence-electron chi connectivity index (χ0n) is 12.0. The molecular formula is C14H30N2O. The first-order chi connectivity index (χ1) is 8.30. The van der Waals surface area contributed by atoms with E-state index in [4.69, 9.17) is 4.74 Å². The van der Waals surface area contributed by atoms with Gasteiger partial charge in [0.05, 0.1) is 6.61 Å². The van der Waals surface area contributed by atoms with Crippen molar-refractivity contribution in [2.75, 3.05) is 53.0 Å². The van der Waals surface area contributed by atoms with Gasteiger partial charge in [-0.3, -0.25) is 0 Å². The van der Waals surface area contributed by atoms with E-state index in [9.17, 15) is 0 Å². The Bertz CT molecular complexity index is 181. The van der Waals surface area contributed by atoms with Crippen LogP contribution >= 0.6 is 0 Å². The molecule has 1 saturated heterocycles. The quantitative estimate of drug-likeness (QED) is 0.648. The highest BCUT2D eigenvalue weighted by Crippen LogP contribution is 2.16. The van der Waals surface area contributed by atoms with Crippen molar-refractivity contribution < 1.29 is 4.74 Å². The van der Waals surface area contributed by atoms with Crippen LogP contribution in [0.1, 0.15) is 33.1 Å². The topological polar surface area (TPSA) is 15.7 Å². The highest BCUT2D eigenvalue weighted by Gasteiger charge is 2.19. The van der Waals surface area contributed by atoms with Crippen molar-refractivity contribution in [3.8, 4) is 0 Å². The van der Waals surface area contributed by atoms with Crippen LogP contribution in [0, 0.1) is 5.92 Å². The molecule has 1 aliphatic heterocycles. The Labute approximate surface area is 107 Å². The highest BCUT2D eigenvalue weighted by atomic mass is 16.5. The Hall–Kier alpha value is -0.120. The molecule has 102 valence electrons. The molecule has 0 saturated carbocycles. The summed E-state index contributed by atoms with van der Waals surface area (Å²) in [4.78, 5) is 5.13. The van der Waals surface area contributed by atoms with E-state index in [-0.39, 0.29) is 0 Å². The van der Waals surface area contributed by atoms with Crippen molar-refractivity contribution in [3.05, 3.63) is 0 Å². The summed E-state index contributed by atoms with van der Waals surface area (Å²) in [5, 5.41) is 0. The predicted molar refractivity (Wildman–Crippen MR) is 73.4 cm³/mol. The van der Waals surface area contributed by atoms with E-state index in [1.165, 1.54) is 58.5 Å². The third-order valence-electron chi connectivity index (χ3n) is 3.85. The molecule has 1 aliphatic rings. The summed E-state index contributed by atoms with van der Waals surface area (Å²) in [5.74, 6) is 0.766. The third kappa shape index (κ3) is 5.84. The summed E-state index contributed by atoms with van der Waals surface area (Å²) in [6, 6.07) is 0. The van der Waals surface area contributed by atoms with Gasteiger partial charge in [-0.1, -0.05) is 13.8 Å². The average Bonchev–Trinajstić information content (AvgIpc) is 2.36. The van der Waals surface area contributed by atoms with Crippen LogP contribution in [0.3, 0.4) is 0 Å². The number of rotatable bonds is 8. The van der Waals surface area contributed by atoms with Crippen LogP contribution in [0.5, 0.6) is 0 Å². The molecule has 0 unspecified atom stereocenters. The summed E-state index contributed by atoms with van der Waals surface area (Å²) in [6.45, 7) is 12.8. The first-order valence-electron chi connectivity index (χ1n) is 7.23. The summed E-state index contributed by atoms with van der Waals surface area (Å²) in [6.07, 6.45) is 4.00. The van der Waals surface area contributed by atoms with Gasteiger partial charge in [0.2, 0.25) is 0 Å². The van der Waals surface area contributed by atoms with Crippen molar-refractivity contribution in [3.63, 3.8) is 0 Å². The molecule has 3 nitrogen and oxygen atoms in total. The molecule has 17 heavy (non-hydrogen) atoms. The largest absolute Gasteiger partial charge is 0.384 e. The molecule has 0 aromatic heterocycles. The SMILES string of the molecule is CCN(CC)CCCN1CCC[C@@H](COC)C1. The van der Waals surface area contributed by atoms with Crippen molar-refractivity contribution in [1.82, 2.24) is 9.80 Å². The van der Waals surface area contributed by atoms with E-state index >= 15 is 0 Å². The lowest BCUT2D eigenvalue weighted by atomic mass is 9.99. The minimum atomic E-state index is 0.766. The number of likely N-dealkylation sites (tertiary alicyclic amines) is 1. The number of methoxy groups -OCH3 is 1. The maximum absolute atomic E-state index is 5.27. The molecule has 0 bridgehead atoms. The smallest absolute Gasteiger partial charge is 0.0502 e. The second kappa shape index (κ2) is 8.90. The van der Waals surface area contributed by atoms with Crippen molar-refractivity contribution in [1.29, 1.82) is 0 Å². The Balaban J connectivity index is 2.13. The number of hydrogen-bond acceptors (Lipinski definition) is 3. The maximum Gasteiger partial charge on any atom is 0.0502 e. The van der Waals surface area contributed by atoms with E-state index in [0.29, 0.717) is 0 Å². The third-order valence-corrected chi connectivity index (χ3v) is 3.85. The molecule has 3 heteroatoms. The van der Waals surface area contributed by atoms with Gasteiger partial charge in [-0.25, -0.2) is 0 Å². The molecule has 0 N–H and O–H groups in total. The van der Waals surface area contributed by atoms with Crippen molar-refractivity contribution in [2.45, 2.75) is 33.1 Å². The van der Waals surface area contributed by atoms with Crippen molar-refractivity contribution in [2.24, 2.45) is 5.92 Å². The Morgan fingerprint density at radius 1 is 1.29 bits per heavy atom. The van der Waals surface area contributed by atoms with Crippen LogP contribution < -0.4 is 0 Å². The van der Waals surface area contributed by atoms with Gasteiger partial charge in [-0.15, -0.1) is 0 Å². The van der Waals surface area contributed by atoms with Gasteiger partial charge in [0.15, 0.2) is 0 Å². The first kappa shape index (κ1) is 14.9. The molecule has 0 aromatic rings. The minimum Gasteiger partial charge on any atom is -0.384 e. The zero-order chi connectivity index (χ0) is 12.5. The minimum absolute atomic E-state index is 0.766. The standard InChI is InChI=1S/C14H30N2O/c1-4-15(5-2)10-7-11-16-9-6-8-14(12-16)13-17-3/h14H,4-13H2,1-3H3/t14-/m1/s1. The predicted octanol–water partition coefficient (Wildman–Crippen LogP) is 2.08. The Morgan fingerprint density at radius 2 is 2.06 bits per heavy atom. The zero-order valence-corrected chi connectivity index (χ0v) is 12.0. The molecule has 0 aromatic carbocycles. The first-order valence-corrected chi connectivity index (χ1v) is 7.23. The second-order valence-corrected chi connectivity index (χ2v) is 5.14. The molecule has 1 heterocycles. The number of piperidine rings is 1. The molecule has 1 fully saturated rings. The second-order valence-electron chi connectivity index (χ2n) is 5.14. The summed E-state index contributed by atoms with van der Waals surface area (Å²) >= 11 is 0. The van der Waals surface area contributed by atoms with Crippen LogP contribution in [0.4, 0.5) is 0 Å². The number of hydrogen-bond donors (Lipinski definition) is 0. The van der Waals surface area contributed by atoms with Crippen LogP contribution in [-0.2, 0) is 4.74 Å². The summed E-state index contributed by atoms with van der Waals surface area (Å²) in [5.41, 5.74) is 0. The van der Waals surface area contributed by atoms with Crippen LogP contribution in [0.25, 0.3) is 0 Å². The van der Waals surface area contributed by atoms with Gasteiger partial charge in [0, 0.05) is 13.7 Å². The fraction of sp³-hybridized carbons (Fsp3) is 1.00. The molecule has 0 spiro atoms. The van der Waals surface area contributed by atoms with Gasteiger partial charge in [-0.05, 0) is 57.9 Å². The Morgan fingerprint density at radius 3 is 2.71 bits per heavy atom. The lowest BCUT2D eigenvalue weighted by molar-refractivity contribution is 0.0884. The normalized spacial score (nSPS) is 22.2. The van der Waals surface area contributed by atoms with Gasteiger partial charge in [0.1, 0.15) is 0 Å². The van der Waals surface area contributed by atoms with Gasteiger partial charge in [-0.2, -0.15) is 0 Å². The number of nitrogens with zero attached hydrogens (tertiary/aromatic N) is 2. The van der Waals surface area contributed by atoms with Gasteiger partial charge >= 0.3 is 0 Å². The summed E-state index contributed by atoms with van der Waals surface area (Å²) in [7, 11) is 1.82. The number of ether oxygens (including phenoxy) is 1. The van der Waals surface area contributed by atoms with E-state index in [1.807, 2.05) is 7.11 Å². The van der Waals surface area contributed by atoms with E-state index in [1.54, 1.807) is 0 Å². The van der Waals surface area contributed by atoms with E-state index < -0.39 is 0 Å². The monoisotopic (exact) mass is 242 g/mol. The van der Waals surface area contributed by atoms with E-state index in [0.717, 1.165) is 12.5 Å².